The van der Waals surface area contributed by atoms with Crippen molar-refractivity contribution in [2.45, 2.75) is 85.2 Å². The summed E-state index contributed by atoms with van der Waals surface area (Å²) in [6.45, 7) is 8.42. The van der Waals surface area contributed by atoms with Gasteiger partial charge in [-0.1, -0.05) is 25.1 Å². The third-order valence-corrected chi connectivity index (χ3v) is 9.07. The van der Waals surface area contributed by atoms with Crippen LogP contribution in [0.25, 0.3) is 0 Å². The average molecular weight is 374 g/mol. The predicted octanol–water partition coefficient (Wildman–Crippen LogP) is 5.35. The standard InChI is InChI=1S/C23H35NO3/c1-14(24-26)19-7-8-20-18-6-5-16-13-17(27-15(2)25)9-11-22(16,3)21(18)10-12-23(19,20)4/h7,16-18,20-21,26H,5-6,8-13H2,1-4H3/b24-14-. The number of carbonyl (C=O) groups is 1. The van der Waals surface area contributed by atoms with Crippen LogP contribution in [-0.4, -0.2) is 23.0 Å². The number of fused-ring (bicyclic) bond motifs is 5. The highest BCUT2D eigenvalue weighted by atomic mass is 16.5. The number of oxime groups is 1. The number of allylic oxidation sites excluding steroid dienone is 2. The molecule has 0 radical (unpaired) electrons. The van der Waals surface area contributed by atoms with Gasteiger partial charge in [-0.25, -0.2) is 0 Å². The minimum Gasteiger partial charge on any atom is -0.463 e. The minimum absolute atomic E-state index is 0.129. The molecule has 0 aromatic carbocycles. The van der Waals surface area contributed by atoms with Gasteiger partial charge in [0.2, 0.25) is 0 Å². The molecular formula is C23H35NO3. The normalized spacial score (nSPS) is 46.7. The highest BCUT2D eigenvalue weighted by Gasteiger charge is 2.59. The molecule has 4 nitrogen and oxygen atoms in total. The smallest absolute Gasteiger partial charge is 0.302 e. The average Bonchev–Trinajstić information content (AvgIpc) is 2.98. The maximum Gasteiger partial charge on any atom is 0.302 e. The summed E-state index contributed by atoms with van der Waals surface area (Å²) in [6.07, 6.45) is 11.9. The molecule has 0 spiro atoms. The molecule has 1 N–H and O–H groups in total. The van der Waals surface area contributed by atoms with Crippen LogP contribution in [0.5, 0.6) is 0 Å². The third-order valence-electron chi connectivity index (χ3n) is 9.07. The first kappa shape index (κ1) is 19.0. The Balaban J connectivity index is 1.54. The second-order valence-electron chi connectivity index (χ2n) is 10.2. The van der Waals surface area contributed by atoms with Gasteiger partial charge in [-0.3, -0.25) is 4.79 Å². The zero-order valence-corrected chi connectivity index (χ0v) is 17.3. The van der Waals surface area contributed by atoms with Gasteiger partial charge in [0.25, 0.3) is 0 Å². The molecule has 0 saturated heterocycles. The van der Waals surface area contributed by atoms with Crippen molar-refractivity contribution in [2.75, 3.05) is 0 Å². The molecule has 7 unspecified atom stereocenters. The van der Waals surface area contributed by atoms with Crippen molar-refractivity contribution in [1.82, 2.24) is 0 Å². The summed E-state index contributed by atoms with van der Waals surface area (Å²) in [5.41, 5.74) is 2.67. The Kier molecular flexibility index (Phi) is 4.67. The van der Waals surface area contributed by atoms with E-state index in [-0.39, 0.29) is 17.5 Å². The molecule has 0 aliphatic heterocycles. The first-order valence-corrected chi connectivity index (χ1v) is 10.9. The van der Waals surface area contributed by atoms with Crippen molar-refractivity contribution in [3.63, 3.8) is 0 Å². The van der Waals surface area contributed by atoms with Crippen LogP contribution in [0.15, 0.2) is 16.8 Å². The monoisotopic (exact) mass is 373 g/mol. The fraction of sp³-hybridized carbons (Fsp3) is 0.826. The second-order valence-corrected chi connectivity index (χ2v) is 10.2. The molecule has 4 rings (SSSR count). The summed E-state index contributed by atoms with van der Waals surface area (Å²) in [4.78, 5) is 11.4. The Hall–Kier alpha value is -1.32. The van der Waals surface area contributed by atoms with Gasteiger partial charge in [0.1, 0.15) is 6.10 Å². The number of nitrogens with zero attached hydrogens (tertiary/aromatic N) is 1. The van der Waals surface area contributed by atoms with Gasteiger partial charge in [-0.15, -0.1) is 0 Å². The Morgan fingerprint density at radius 1 is 1.15 bits per heavy atom. The molecule has 0 heterocycles. The van der Waals surface area contributed by atoms with Crippen LogP contribution in [0, 0.1) is 34.5 Å². The zero-order chi connectivity index (χ0) is 19.4. The van der Waals surface area contributed by atoms with Gasteiger partial charge in [0.15, 0.2) is 0 Å². The second kappa shape index (κ2) is 6.63. The van der Waals surface area contributed by atoms with E-state index in [0.29, 0.717) is 17.3 Å². The van der Waals surface area contributed by atoms with Gasteiger partial charge >= 0.3 is 5.97 Å². The molecule has 0 aromatic rings. The molecular weight excluding hydrogens is 338 g/mol. The number of esters is 1. The molecule has 4 aliphatic rings. The number of ether oxygens (including phenoxy) is 1. The third kappa shape index (κ3) is 2.86. The topological polar surface area (TPSA) is 58.9 Å². The van der Waals surface area contributed by atoms with Gasteiger partial charge in [-0.05, 0) is 98.4 Å². The number of hydrogen-bond acceptors (Lipinski definition) is 4. The molecule has 0 bridgehead atoms. The van der Waals surface area contributed by atoms with Crippen molar-refractivity contribution >= 4 is 11.7 Å². The molecule has 4 aliphatic carbocycles. The van der Waals surface area contributed by atoms with E-state index in [1.54, 1.807) is 0 Å². The van der Waals surface area contributed by atoms with Gasteiger partial charge in [0, 0.05) is 6.92 Å². The maximum absolute atomic E-state index is 11.4. The van der Waals surface area contributed by atoms with E-state index < -0.39 is 0 Å². The number of rotatable bonds is 2. The zero-order valence-electron chi connectivity index (χ0n) is 17.3. The summed E-state index contributed by atoms with van der Waals surface area (Å²) >= 11 is 0. The summed E-state index contributed by atoms with van der Waals surface area (Å²) in [5, 5.41) is 12.9. The fourth-order valence-corrected chi connectivity index (χ4v) is 7.74. The molecule has 7 atom stereocenters. The molecule has 3 fully saturated rings. The van der Waals surface area contributed by atoms with E-state index in [1.807, 2.05) is 6.92 Å². The molecule has 4 heteroatoms. The summed E-state index contributed by atoms with van der Waals surface area (Å²) in [5.74, 6) is 2.81. The van der Waals surface area contributed by atoms with E-state index >= 15 is 0 Å². The maximum atomic E-state index is 11.4. The van der Waals surface area contributed by atoms with E-state index in [1.165, 1.54) is 44.6 Å². The quantitative estimate of drug-likeness (QED) is 0.307. The lowest BCUT2D eigenvalue weighted by Gasteiger charge is -2.60. The fourth-order valence-electron chi connectivity index (χ4n) is 7.74. The Labute approximate surface area is 163 Å². The summed E-state index contributed by atoms with van der Waals surface area (Å²) < 4.78 is 5.58. The highest BCUT2D eigenvalue weighted by Crippen LogP contribution is 2.66. The van der Waals surface area contributed by atoms with Crippen molar-refractivity contribution < 1.29 is 14.7 Å². The van der Waals surface area contributed by atoms with E-state index in [0.717, 1.165) is 36.8 Å². The highest BCUT2D eigenvalue weighted by molar-refractivity contribution is 5.99. The van der Waals surface area contributed by atoms with Gasteiger partial charge in [-0.2, -0.15) is 0 Å². The van der Waals surface area contributed by atoms with Crippen molar-refractivity contribution in [3.05, 3.63) is 11.6 Å². The van der Waals surface area contributed by atoms with Crippen LogP contribution in [0.2, 0.25) is 0 Å². The van der Waals surface area contributed by atoms with Crippen LogP contribution in [0.1, 0.15) is 79.1 Å². The Morgan fingerprint density at radius 2 is 1.93 bits per heavy atom. The van der Waals surface area contributed by atoms with E-state index in [2.05, 4.69) is 25.1 Å². The first-order valence-electron chi connectivity index (χ1n) is 10.9. The molecule has 27 heavy (non-hydrogen) atoms. The number of carbonyl (C=O) groups excluding carboxylic acids is 1. The Bertz CT molecular complexity index is 683. The number of hydrogen-bond donors (Lipinski definition) is 1. The molecule has 150 valence electrons. The van der Waals surface area contributed by atoms with Gasteiger partial charge in [0.05, 0.1) is 5.71 Å². The van der Waals surface area contributed by atoms with E-state index in [4.69, 9.17) is 4.74 Å². The predicted molar refractivity (Wildman–Crippen MR) is 106 cm³/mol. The van der Waals surface area contributed by atoms with Crippen molar-refractivity contribution in [2.24, 2.45) is 39.7 Å². The van der Waals surface area contributed by atoms with Crippen LogP contribution >= 0.6 is 0 Å². The summed E-state index contributed by atoms with van der Waals surface area (Å²) in [6, 6.07) is 0. The molecule has 0 amide bonds. The Morgan fingerprint density at radius 3 is 2.63 bits per heavy atom. The molecule has 0 aromatic heterocycles. The van der Waals surface area contributed by atoms with Crippen molar-refractivity contribution in [1.29, 1.82) is 0 Å². The molecule has 3 saturated carbocycles. The van der Waals surface area contributed by atoms with Gasteiger partial charge < -0.3 is 9.94 Å². The SMILES string of the molecule is CC(=O)OC1CCC2(C)C(CCC3C4CC=C(/C(C)=N\O)C4(C)CCC32)C1. The van der Waals surface area contributed by atoms with Crippen LogP contribution in [0.3, 0.4) is 0 Å². The lowest BCUT2D eigenvalue weighted by molar-refractivity contribution is -0.158. The lowest BCUT2D eigenvalue weighted by Crippen LogP contribution is -2.54. The minimum atomic E-state index is -0.129. The summed E-state index contributed by atoms with van der Waals surface area (Å²) in [7, 11) is 0. The van der Waals surface area contributed by atoms with Crippen molar-refractivity contribution in [3.8, 4) is 0 Å². The van der Waals surface area contributed by atoms with Crippen LogP contribution in [0.4, 0.5) is 0 Å². The van der Waals surface area contributed by atoms with E-state index in [9.17, 15) is 10.0 Å². The lowest BCUT2D eigenvalue weighted by atomic mass is 9.44. The first-order chi connectivity index (χ1) is 12.8. The largest absolute Gasteiger partial charge is 0.463 e. The van der Waals surface area contributed by atoms with Crippen LogP contribution in [-0.2, 0) is 9.53 Å². The van der Waals surface area contributed by atoms with Crippen LogP contribution < -0.4 is 0 Å².